The minimum atomic E-state index is -4.51. The second kappa shape index (κ2) is 12.7. The fourth-order valence-corrected chi connectivity index (χ4v) is 8.64. The molecule has 1 amide bonds. The molecule has 8 nitrogen and oxygen atoms in total. The summed E-state index contributed by atoms with van der Waals surface area (Å²) in [6.07, 6.45) is -1.53. The van der Waals surface area contributed by atoms with Crippen LogP contribution in [-0.2, 0) is 31.8 Å². The number of hydrogen-bond acceptors (Lipinski definition) is 6. The van der Waals surface area contributed by atoms with E-state index < -0.39 is 58.6 Å². The fraction of sp³-hybridized carbons (Fsp3) is 0.472. The third kappa shape index (κ3) is 6.59. The lowest BCUT2D eigenvalue weighted by atomic mass is 9.46. The highest BCUT2D eigenvalue weighted by Gasteiger charge is 2.63. The van der Waals surface area contributed by atoms with E-state index in [-0.39, 0.29) is 36.4 Å². The van der Waals surface area contributed by atoms with Crippen molar-refractivity contribution >= 4 is 28.6 Å². The smallest absolute Gasteiger partial charge is 0.416 e. The number of carboxylic acid groups (broad SMARTS) is 1. The molecule has 0 heterocycles. The van der Waals surface area contributed by atoms with Crippen molar-refractivity contribution in [3.05, 3.63) is 77.1 Å². The SMILES string of the molecule is CCOC(=O)[C@H](C)OC12C[C@H]3C[C@@H](C1)CC([C@H](NC(=O)c1ccc4cc(F)ccc4c1OCc1ccc(C(F)(F)F)cc1)C(=O)O)(C3)C2. The number of carboxylic acids is 1. The third-order valence-corrected chi connectivity index (χ3v) is 10.1. The molecule has 12 heteroatoms. The van der Waals surface area contributed by atoms with Crippen LogP contribution >= 0.6 is 0 Å². The predicted molar refractivity (Wildman–Crippen MR) is 166 cm³/mol. The number of rotatable bonds is 11. The van der Waals surface area contributed by atoms with E-state index >= 15 is 0 Å². The Morgan fingerprint density at radius 3 is 2.31 bits per heavy atom. The molecule has 6 atom stereocenters. The number of esters is 1. The van der Waals surface area contributed by atoms with E-state index in [4.69, 9.17) is 14.2 Å². The Morgan fingerprint density at radius 2 is 1.69 bits per heavy atom. The van der Waals surface area contributed by atoms with Crippen LogP contribution in [0.3, 0.4) is 0 Å². The normalized spacial score (nSPS) is 25.8. The largest absolute Gasteiger partial charge is 0.487 e. The molecule has 0 aliphatic heterocycles. The van der Waals surface area contributed by atoms with Gasteiger partial charge in [-0.15, -0.1) is 0 Å². The molecule has 0 saturated heterocycles. The van der Waals surface area contributed by atoms with Gasteiger partial charge in [0, 0.05) is 10.8 Å². The first kappa shape index (κ1) is 33.7. The minimum absolute atomic E-state index is 0.00102. The zero-order valence-corrected chi connectivity index (χ0v) is 26.6. The number of amides is 1. The highest BCUT2D eigenvalue weighted by atomic mass is 19.4. The van der Waals surface area contributed by atoms with Gasteiger partial charge >= 0.3 is 18.1 Å². The van der Waals surface area contributed by atoms with E-state index in [0.29, 0.717) is 48.4 Å². The summed E-state index contributed by atoms with van der Waals surface area (Å²) in [6.45, 7) is 3.35. The Kier molecular flexibility index (Phi) is 8.91. The molecule has 2 unspecified atom stereocenters. The molecule has 0 radical (unpaired) electrons. The van der Waals surface area contributed by atoms with Crippen molar-refractivity contribution in [3.8, 4) is 5.75 Å². The summed E-state index contributed by atoms with van der Waals surface area (Å²) in [5.74, 6) is -2.55. The van der Waals surface area contributed by atoms with Crippen molar-refractivity contribution in [1.82, 2.24) is 5.32 Å². The second-order valence-corrected chi connectivity index (χ2v) is 13.6. The van der Waals surface area contributed by atoms with Gasteiger partial charge in [0.15, 0.2) is 6.10 Å². The van der Waals surface area contributed by atoms with E-state index in [9.17, 15) is 37.1 Å². The number of halogens is 4. The molecule has 4 aliphatic carbocycles. The number of fused-ring (bicyclic) bond motifs is 1. The lowest BCUT2D eigenvalue weighted by molar-refractivity contribution is -0.224. The van der Waals surface area contributed by atoms with Gasteiger partial charge in [-0.05, 0) is 112 Å². The fourth-order valence-electron chi connectivity index (χ4n) is 8.64. The molecule has 4 aliphatic rings. The molecule has 3 aromatic rings. The van der Waals surface area contributed by atoms with Gasteiger partial charge in [-0.2, -0.15) is 13.2 Å². The third-order valence-electron chi connectivity index (χ3n) is 10.1. The predicted octanol–water partition coefficient (Wildman–Crippen LogP) is 7.07. The lowest BCUT2D eigenvalue weighted by Crippen LogP contribution is -2.65. The maximum absolute atomic E-state index is 14.1. The van der Waals surface area contributed by atoms with Crippen molar-refractivity contribution in [3.63, 3.8) is 0 Å². The summed E-state index contributed by atoms with van der Waals surface area (Å²) in [7, 11) is 0. The van der Waals surface area contributed by atoms with Crippen LogP contribution < -0.4 is 10.1 Å². The summed E-state index contributed by atoms with van der Waals surface area (Å²) in [6, 6.07) is 9.93. The van der Waals surface area contributed by atoms with Gasteiger partial charge < -0.3 is 24.6 Å². The first-order valence-corrected chi connectivity index (χ1v) is 16.1. The molecular weight excluding hydrogens is 634 g/mol. The van der Waals surface area contributed by atoms with Crippen molar-refractivity contribution in [2.24, 2.45) is 17.3 Å². The molecule has 48 heavy (non-hydrogen) atoms. The second-order valence-electron chi connectivity index (χ2n) is 13.6. The average molecular weight is 672 g/mol. The molecule has 256 valence electrons. The van der Waals surface area contributed by atoms with Crippen LogP contribution in [-0.4, -0.2) is 47.3 Å². The van der Waals surface area contributed by atoms with Gasteiger partial charge in [-0.1, -0.05) is 18.2 Å². The number of alkyl halides is 3. The molecule has 4 saturated carbocycles. The molecule has 4 fully saturated rings. The van der Waals surface area contributed by atoms with Gasteiger partial charge in [0.05, 0.1) is 23.3 Å². The Bertz CT molecular complexity index is 1710. The van der Waals surface area contributed by atoms with Gasteiger partial charge in [0.2, 0.25) is 0 Å². The topological polar surface area (TPSA) is 111 Å². The van der Waals surface area contributed by atoms with Crippen LogP contribution in [0.15, 0.2) is 54.6 Å². The monoisotopic (exact) mass is 671 g/mol. The van der Waals surface area contributed by atoms with E-state index in [0.717, 1.165) is 18.6 Å². The van der Waals surface area contributed by atoms with E-state index in [1.165, 1.54) is 42.5 Å². The van der Waals surface area contributed by atoms with Crippen LogP contribution in [0.5, 0.6) is 5.75 Å². The number of aliphatic carboxylic acids is 1. The van der Waals surface area contributed by atoms with Crippen LogP contribution in [0.2, 0.25) is 0 Å². The highest BCUT2D eigenvalue weighted by molar-refractivity contribution is 6.05. The van der Waals surface area contributed by atoms with Crippen molar-refractivity contribution < 1.29 is 51.3 Å². The summed E-state index contributed by atoms with van der Waals surface area (Å²) >= 11 is 0. The van der Waals surface area contributed by atoms with E-state index in [1.54, 1.807) is 13.8 Å². The summed E-state index contributed by atoms with van der Waals surface area (Å²) in [4.78, 5) is 39.4. The number of ether oxygens (including phenoxy) is 3. The molecule has 2 N–H and O–H groups in total. The summed E-state index contributed by atoms with van der Waals surface area (Å²) < 4.78 is 70.9. The number of nitrogens with one attached hydrogen (secondary N) is 1. The van der Waals surface area contributed by atoms with E-state index in [1.807, 2.05) is 0 Å². The molecular formula is C36H37F4NO7. The minimum Gasteiger partial charge on any atom is -0.487 e. The van der Waals surface area contributed by atoms with Crippen LogP contribution in [0.4, 0.5) is 17.6 Å². The first-order chi connectivity index (χ1) is 22.7. The Labute approximate surface area is 274 Å². The van der Waals surface area contributed by atoms with E-state index in [2.05, 4.69) is 5.32 Å². The van der Waals surface area contributed by atoms with Crippen LogP contribution in [0.25, 0.3) is 10.8 Å². The number of carbonyl (C=O) groups is 3. The average Bonchev–Trinajstić information content (AvgIpc) is 3.01. The standard InChI is InChI=1S/C36H37F4NO7/c1-3-46-33(45)20(2)48-35-16-22-12-23(17-35)15-34(14-22,19-35)30(32(43)44)41-31(42)28-10-6-24-13-26(37)9-11-27(24)29(28)47-18-21-4-7-25(8-5-21)36(38,39)40/h4-11,13,20,22-23,30H,3,12,14-19H2,1-2H3,(H,41,42)(H,43,44)/t20-,22-,23+,30+,34?,35?/m0/s1. The summed E-state index contributed by atoms with van der Waals surface area (Å²) in [5, 5.41) is 14.1. The maximum atomic E-state index is 14.1. The highest BCUT2D eigenvalue weighted by Crippen LogP contribution is 2.64. The van der Waals surface area contributed by atoms with Gasteiger partial charge in [-0.25, -0.2) is 14.0 Å². The molecule has 4 bridgehead atoms. The first-order valence-electron chi connectivity index (χ1n) is 16.1. The maximum Gasteiger partial charge on any atom is 0.416 e. The van der Waals surface area contributed by atoms with Crippen molar-refractivity contribution in [2.75, 3.05) is 6.61 Å². The number of carbonyl (C=O) groups excluding carboxylic acids is 2. The zero-order valence-electron chi connectivity index (χ0n) is 26.6. The van der Waals surface area contributed by atoms with Gasteiger partial charge in [-0.3, -0.25) is 4.79 Å². The summed E-state index contributed by atoms with van der Waals surface area (Å²) in [5.41, 5.74) is -1.98. The van der Waals surface area contributed by atoms with Crippen LogP contribution in [0, 0.1) is 23.1 Å². The molecule has 3 aromatic carbocycles. The van der Waals surface area contributed by atoms with Gasteiger partial charge in [0.1, 0.15) is 24.2 Å². The Balaban J connectivity index is 1.29. The lowest BCUT2D eigenvalue weighted by Gasteiger charge is -2.63. The van der Waals surface area contributed by atoms with Crippen molar-refractivity contribution in [1.29, 1.82) is 0 Å². The van der Waals surface area contributed by atoms with Gasteiger partial charge in [0.25, 0.3) is 5.91 Å². The number of benzene rings is 3. The van der Waals surface area contributed by atoms with Crippen molar-refractivity contribution in [2.45, 2.75) is 82.9 Å². The zero-order chi connectivity index (χ0) is 34.4. The molecule has 0 spiro atoms. The Morgan fingerprint density at radius 1 is 1.00 bits per heavy atom. The molecule has 0 aromatic heterocycles. The Hall–Kier alpha value is -4.19. The number of hydrogen-bond donors (Lipinski definition) is 2. The molecule has 7 rings (SSSR count). The quantitative estimate of drug-likeness (QED) is 0.166. The van der Waals surface area contributed by atoms with Crippen LogP contribution in [0.1, 0.15) is 73.9 Å².